The lowest BCUT2D eigenvalue weighted by molar-refractivity contribution is 0.102. The van der Waals surface area contributed by atoms with Crippen LogP contribution in [0, 0.1) is 10.5 Å². The Morgan fingerprint density at radius 2 is 2.24 bits per heavy atom. The van der Waals surface area contributed by atoms with Crippen LogP contribution in [0.2, 0.25) is 0 Å². The summed E-state index contributed by atoms with van der Waals surface area (Å²) in [6.07, 6.45) is 1.66. The average Bonchev–Trinajstić information content (AvgIpc) is 2.83. The van der Waals surface area contributed by atoms with Gasteiger partial charge in [-0.3, -0.25) is 4.79 Å². The van der Waals surface area contributed by atoms with E-state index >= 15 is 0 Å². The largest absolute Gasteiger partial charge is 0.399 e. The molecule has 0 aromatic carbocycles. The minimum atomic E-state index is -0.358. The molecule has 2 aromatic heterocycles. The first-order valence-corrected chi connectivity index (χ1v) is 7.08. The molecule has 0 saturated carbocycles. The Hall–Kier alpha value is -1.97. The number of hydrogen-bond donors (Lipinski definition) is 1. The van der Waals surface area contributed by atoms with Gasteiger partial charge in [-0.1, -0.05) is 10.3 Å². The van der Waals surface area contributed by atoms with Crippen molar-refractivity contribution in [3.63, 3.8) is 0 Å². The summed E-state index contributed by atoms with van der Waals surface area (Å²) in [5.74, 6) is 0.495. The summed E-state index contributed by atoms with van der Waals surface area (Å²) in [5.41, 5.74) is 1.11. The van der Waals surface area contributed by atoms with Crippen molar-refractivity contribution in [3.8, 4) is 0 Å². The number of carbonyl (C=O) groups excluding carboxylic acids is 1. The number of nitrogens with one attached hydrogen (secondary N) is 1. The summed E-state index contributed by atoms with van der Waals surface area (Å²) in [4.78, 5) is 21.2. The maximum absolute atomic E-state index is 12.4. The zero-order valence-corrected chi connectivity index (χ0v) is 13.8. The van der Waals surface area contributed by atoms with E-state index in [1.807, 2.05) is 6.07 Å². The number of rotatable bonds is 4. The van der Waals surface area contributed by atoms with Crippen LogP contribution in [0.3, 0.4) is 0 Å². The van der Waals surface area contributed by atoms with Gasteiger partial charge in [-0.05, 0) is 48.6 Å². The number of amides is 1. The lowest BCUT2D eigenvalue weighted by atomic mass is 10.1. The fraction of sp³-hybridized carbons (Fsp3) is 0.231. The number of pyridine rings is 1. The van der Waals surface area contributed by atoms with E-state index in [0.717, 1.165) is 3.57 Å². The highest BCUT2D eigenvalue weighted by atomic mass is 127. The molecule has 0 saturated heterocycles. The lowest BCUT2D eigenvalue weighted by Gasteiger charge is -2.04. The van der Waals surface area contributed by atoms with Crippen LogP contribution in [0.15, 0.2) is 28.0 Å². The third-order valence-electron chi connectivity index (χ3n) is 2.63. The zero-order valence-electron chi connectivity index (χ0n) is 11.7. The van der Waals surface area contributed by atoms with Crippen molar-refractivity contribution in [3.05, 3.63) is 38.9 Å². The predicted molar refractivity (Wildman–Crippen MR) is 85.4 cm³/mol. The molecule has 0 unspecified atom stereocenters. The van der Waals surface area contributed by atoms with Gasteiger partial charge in [-0.2, -0.15) is 0 Å². The second kappa shape index (κ2) is 6.66. The number of oxime groups is 1. The van der Waals surface area contributed by atoms with Crippen LogP contribution < -0.4 is 5.32 Å². The Labute approximate surface area is 134 Å². The van der Waals surface area contributed by atoms with Crippen LogP contribution in [0.5, 0.6) is 0 Å². The standard InChI is InChI=1S/C13H13IN4O3/c1-7(17-20-3)12-11(8(2)21-18-12)13(19)16-10-5-4-9(14)6-15-10/h4-6H,1-3H3,(H,15,16,19). The van der Waals surface area contributed by atoms with Gasteiger partial charge in [0, 0.05) is 9.77 Å². The first kappa shape index (κ1) is 15.4. The Bertz CT molecular complexity index is 679. The molecule has 0 bridgehead atoms. The Balaban J connectivity index is 2.29. The molecule has 7 nitrogen and oxygen atoms in total. The van der Waals surface area contributed by atoms with Crippen molar-refractivity contribution >= 4 is 40.0 Å². The van der Waals surface area contributed by atoms with Crippen LogP contribution in [0.4, 0.5) is 5.82 Å². The van der Waals surface area contributed by atoms with Crippen molar-refractivity contribution in [2.75, 3.05) is 12.4 Å². The molecule has 8 heteroatoms. The molecule has 2 heterocycles. The van der Waals surface area contributed by atoms with Crippen molar-refractivity contribution in [2.45, 2.75) is 13.8 Å². The molecule has 1 amide bonds. The van der Waals surface area contributed by atoms with Crippen LogP contribution in [-0.2, 0) is 4.84 Å². The molecule has 0 radical (unpaired) electrons. The Morgan fingerprint density at radius 3 is 2.86 bits per heavy atom. The van der Waals surface area contributed by atoms with Gasteiger partial charge in [-0.25, -0.2) is 4.98 Å². The Kier molecular flexibility index (Phi) is 4.89. The van der Waals surface area contributed by atoms with Crippen molar-refractivity contribution in [1.29, 1.82) is 0 Å². The molecule has 21 heavy (non-hydrogen) atoms. The minimum absolute atomic E-state index is 0.314. The van der Waals surface area contributed by atoms with Gasteiger partial charge in [0.15, 0.2) is 0 Å². The third kappa shape index (κ3) is 3.57. The number of aryl methyl sites for hydroxylation is 1. The second-order valence-electron chi connectivity index (χ2n) is 4.14. The quantitative estimate of drug-likeness (QED) is 0.484. The summed E-state index contributed by atoms with van der Waals surface area (Å²) in [5, 5.41) is 10.3. The molecule has 2 aromatic rings. The molecule has 2 rings (SSSR count). The monoisotopic (exact) mass is 400 g/mol. The highest BCUT2D eigenvalue weighted by Crippen LogP contribution is 2.17. The maximum Gasteiger partial charge on any atom is 0.262 e. The Morgan fingerprint density at radius 1 is 1.48 bits per heavy atom. The molecule has 0 aliphatic rings. The number of nitrogens with zero attached hydrogens (tertiary/aromatic N) is 3. The molecule has 0 atom stereocenters. The van der Waals surface area contributed by atoms with Gasteiger partial charge < -0.3 is 14.7 Å². The first-order chi connectivity index (χ1) is 10.0. The third-order valence-corrected chi connectivity index (χ3v) is 3.27. The molecule has 110 valence electrons. The van der Waals surface area contributed by atoms with Crippen molar-refractivity contribution < 1.29 is 14.2 Å². The van der Waals surface area contributed by atoms with Gasteiger partial charge in [0.05, 0.1) is 0 Å². The van der Waals surface area contributed by atoms with Gasteiger partial charge in [0.2, 0.25) is 0 Å². The van der Waals surface area contributed by atoms with Gasteiger partial charge >= 0.3 is 0 Å². The highest BCUT2D eigenvalue weighted by molar-refractivity contribution is 14.1. The fourth-order valence-electron chi connectivity index (χ4n) is 1.70. The molecule has 0 aliphatic carbocycles. The number of halogens is 1. The van der Waals surface area contributed by atoms with Crippen molar-refractivity contribution in [1.82, 2.24) is 10.1 Å². The van der Waals surface area contributed by atoms with E-state index in [2.05, 4.69) is 43.2 Å². The first-order valence-electron chi connectivity index (χ1n) is 6.00. The number of carbonyl (C=O) groups is 1. The van der Waals surface area contributed by atoms with Crippen LogP contribution >= 0.6 is 22.6 Å². The molecule has 1 N–H and O–H groups in total. The zero-order chi connectivity index (χ0) is 15.4. The summed E-state index contributed by atoms with van der Waals surface area (Å²) in [6, 6.07) is 3.57. The smallest absolute Gasteiger partial charge is 0.262 e. The number of aromatic nitrogens is 2. The predicted octanol–water partition coefficient (Wildman–Crippen LogP) is 2.61. The average molecular weight is 400 g/mol. The second-order valence-corrected chi connectivity index (χ2v) is 5.38. The number of anilines is 1. The highest BCUT2D eigenvalue weighted by Gasteiger charge is 2.22. The summed E-state index contributed by atoms with van der Waals surface area (Å²) in [7, 11) is 1.42. The van der Waals surface area contributed by atoms with E-state index in [0.29, 0.717) is 28.5 Å². The SMILES string of the molecule is CON=C(C)c1noc(C)c1C(=O)Nc1ccc(I)cn1. The molecule has 0 spiro atoms. The maximum atomic E-state index is 12.4. The molecule has 0 fully saturated rings. The van der Waals surface area contributed by atoms with E-state index in [1.165, 1.54) is 7.11 Å². The minimum Gasteiger partial charge on any atom is -0.399 e. The van der Waals surface area contributed by atoms with Gasteiger partial charge in [0.1, 0.15) is 35.7 Å². The fourth-order valence-corrected chi connectivity index (χ4v) is 2.01. The van der Waals surface area contributed by atoms with E-state index in [-0.39, 0.29) is 5.91 Å². The van der Waals surface area contributed by atoms with Crippen LogP contribution in [-0.4, -0.2) is 28.9 Å². The van der Waals surface area contributed by atoms with E-state index in [9.17, 15) is 4.79 Å². The van der Waals surface area contributed by atoms with Gasteiger partial charge in [-0.15, -0.1) is 0 Å². The van der Waals surface area contributed by atoms with E-state index in [4.69, 9.17) is 9.36 Å². The number of hydrogen-bond acceptors (Lipinski definition) is 6. The van der Waals surface area contributed by atoms with E-state index < -0.39 is 0 Å². The summed E-state index contributed by atoms with van der Waals surface area (Å²) in [6.45, 7) is 3.34. The summed E-state index contributed by atoms with van der Waals surface area (Å²) >= 11 is 2.14. The van der Waals surface area contributed by atoms with Crippen molar-refractivity contribution in [2.24, 2.45) is 5.16 Å². The van der Waals surface area contributed by atoms with Crippen LogP contribution in [0.25, 0.3) is 0 Å². The van der Waals surface area contributed by atoms with E-state index in [1.54, 1.807) is 26.1 Å². The normalized spacial score (nSPS) is 11.3. The topological polar surface area (TPSA) is 89.6 Å². The lowest BCUT2D eigenvalue weighted by Crippen LogP contribution is -2.17. The molecule has 0 aliphatic heterocycles. The van der Waals surface area contributed by atoms with Gasteiger partial charge in [0.25, 0.3) is 5.91 Å². The summed E-state index contributed by atoms with van der Waals surface area (Å²) < 4.78 is 6.05. The van der Waals surface area contributed by atoms with Crippen LogP contribution in [0.1, 0.15) is 28.7 Å². The molecular weight excluding hydrogens is 387 g/mol. The molecular formula is C13H13IN4O3.